The van der Waals surface area contributed by atoms with Crippen LogP contribution in [0.25, 0.3) is 0 Å². The van der Waals surface area contributed by atoms with Gasteiger partial charge in [0.15, 0.2) is 6.61 Å². The molecule has 0 aliphatic carbocycles. The predicted octanol–water partition coefficient (Wildman–Crippen LogP) is 2.92. The molecule has 1 aliphatic rings. The summed E-state index contributed by atoms with van der Waals surface area (Å²) in [6.45, 7) is 1.93. The lowest BCUT2D eigenvalue weighted by molar-refractivity contribution is -0.119. The molecule has 0 atom stereocenters. The topological polar surface area (TPSA) is 58.6 Å². The van der Waals surface area contributed by atoms with Crippen molar-refractivity contribution in [2.24, 2.45) is 0 Å². The molecule has 0 radical (unpaired) electrons. The third-order valence-electron chi connectivity index (χ3n) is 4.07. The van der Waals surface area contributed by atoms with Crippen molar-refractivity contribution in [2.45, 2.75) is 19.8 Å². The van der Waals surface area contributed by atoms with Gasteiger partial charge >= 0.3 is 0 Å². The van der Waals surface area contributed by atoms with Crippen molar-refractivity contribution >= 4 is 23.2 Å². The Hall–Kier alpha value is -2.82. The first-order valence-electron chi connectivity index (χ1n) is 7.92. The summed E-state index contributed by atoms with van der Waals surface area (Å²) >= 11 is 0. The van der Waals surface area contributed by atoms with Crippen LogP contribution < -0.4 is 15.0 Å². The quantitative estimate of drug-likeness (QED) is 0.941. The average Bonchev–Trinajstić information content (AvgIpc) is 2.57. The Morgan fingerprint density at radius 1 is 1.21 bits per heavy atom. The van der Waals surface area contributed by atoms with Crippen molar-refractivity contribution in [1.82, 2.24) is 0 Å². The van der Waals surface area contributed by atoms with Crippen molar-refractivity contribution in [3.05, 3.63) is 53.6 Å². The van der Waals surface area contributed by atoms with Crippen molar-refractivity contribution in [2.75, 3.05) is 23.9 Å². The maximum absolute atomic E-state index is 12.1. The van der Waals surface area contributed by atoms with Gasteiger partial charge in [0.25, 0.3) is 5.91 Å². The standard InChI is InChI=1S/C19H20N2O3/c1-13-4-3-5-16(10-13)24-12-18(22)20-15-7-8-17-14(11-15)6-9-19(23)21(17)2/h3-5,7-8,10-11H,6,9,12H2,1-2H3,(H,20,22). The normalized spacial score (nSPS) is 13.4. The van der Waals surface area contributed by atoms with Crippen LogP contribution in [0.3, 0.4) is 0 Å². The van der Waals surface area contributed by atoms with E-state index in [1.807, 2.05) is 43.3 Å². The molecule has 1 N–H and O–H groups in total. The third-order valence-corrected chi connectivity index (χ3v) is 4.07. The molecule has 2 aromatic carbocycles. The number of hydrogen-bond donors (Lipinski definition) is 1. The van der Waals surface area contributed by atoms with E-state index < -0.39 is 0 Å². The summed E-state index contributed by atoms with van der Waals surface area (Å²) in [5, 5.41) is 2.84. The van der Waals surface area contributed by atoms with Gasteiger partial charge in [-0.05, 0) is 54.8 Å². The fourth-order valence-corrected chi connectivity index (χ4v) is 2.79. The fourth-order valence-electron chi connectivity index (χ4n) is 2.79. The van der Waals surface area contributed by atoms with Crippen molar-refractivity contribution < 1.29 is 14.3 Å². The number of anilines is 2. The number of fused-ring (bicyclic) bond motifs is 1. The first-order valence-corrected chi connectivity index (χ1v) is 7.92. The Kier molecular flexibility index (Phi) is 4.51. The zero-order valence-electron chi connectivity index (χ0n) is 13.8. The van der Waals surface area contributed by atoms with Crippen LogP contribution in [0.5, 0.6) is 5.75 Å². The van der Waals surface area contributed by atoms with E-state index in [9.17, 15) is 9.59 Å². The summed E-state index contributed by atoms with van der Waals surface area (Å²) in [5.74, 6) is 0.582. The number of benzene rings is 2. The van der Waals surface area contributed by atoms with Gasteiger partial charge in [-0.15, -0.1) is 0 Å². The molecule has 5 heteroatoms. The highest BCUT2D eigenvalue weighted by Crippen LogP contribution is 2.29. The van der Waals surface area contributed by atoms with Crippen LogP contribution in [-0.4, -0.2) is 25.5 Å². The van der Waals surface area contributed by atoms with Crippen LogP contribution in [0.15, 0.2) is 42.5 Å². The first kappa shape index (κ1) is 16.1. The summed E-state index contributed by atoms with van der Waals surface area (Å²) in [7, 11) is 1.77. The van der Waals surface area contributed by atoms with E-state index in [0.717, 1.165) is 16.8 Å². The highest BCUT2D eigenvalue weighted by atomic mass is 16.5. The van der Waals surface area contributed by atoms with Gasteiger partial charge in [-0.2, -0.15) is 0 Å². The maximum atomic E-state index is 12.1. The second-order valence-electron chi connectivity index (χ2n) is 5.95. The van der Waals surface area contributed by atoms with Crippen LogP contribution in [0.2, 0.25) is 0 Å². The molecule has 0 unspecified atom stereocenters. The van der Waals surface area contributed by atoms with Gasteiger partial charge < -0.3 is 15.0 Å². The molecule has 24 heavy (non-hydrogen) atoms. The number of amides is 2. The van der Waals surface area contributed by atoms with E-state index in [1.165, 1.54) is 0 Å². The molecular weight excluding hydrogens is 304 g/mol. The van der Waals surface area contributed by atoms with Gasteiger partial charge in [-0.1, -0.05) is 12.1 Å². The zero-order chi connectivity index (χ0) is 17.1. The molecule has 0 fully saturated rings. The molecule has 0 aromatic heterocycles. The Morgan fingerprint density at radius 3 is 2.83 bits per heavy atom. The minimum atomic E-state index is -0.211. The number of rotatable bonds is 4. The number of aryl methyl sites for hydroxylation is 2. The summed E-state index contributed by atoms with van der Waals surface area (Å²) in [6, 6.07) is 13.2. The Morgan fingerprint density at radius 2 is 2.04 bits per heavy atom. The molecule has 0 bridgehead atoms. The molecule has 1 heterocycles. The largest absolute Gasteiger partial charge is 0.484 e. The van der Waals surface area contributed by atoms with Gasteiger partial charge in [0, 0.05) is 24.8 Å². The number of ether oxygens (including phenoxy) is 1. The number of hydrogen-bond acceptors (Lipinski definition) is 3. The SMILES string of the molecule is Cc1cccc(OCC(=O)Nc2ccc3c(c2)CCC(=O)N3C)c1. The lowest BCUT2D eigenvalue weighted by atomic mass is 10.0. The highest BCUT2D eigenvalue weighted by Gasteiger charge is 2.21. The van der Waals surface area contributed by atoms with Crippen LogP contribution in [0, 0.1) is 6.92 Å². The van der Waals surface area contributed by atoms with Crippen LogP contribution in [-0.2, 0) is 16.0 Å². The molecule has 5 nitrogen and oxygen atoms in total. The predicted molar refractivity (Wildman–Crippen MR) is 93.5 cm³/mol. The molecule has 1 aliphatic heterocycles. The van der Waals surface area contributed by atoms with Gasteiger partial charge in [0.2, 0.25) is 5.91 Å². The Balaban J connectivity index is 1.62. The van der Waals surface area contributed by atoms with Gasteiger partial charge in [0.05, 0.1) is 0 Å². The second-order valence-corrected chi connectivity index (χ2v) is 5.95. The van der Waals surface area contributed by atoms with E-state index >= 15 is 0 Å². The van der Waals surface area contributed by atoms with Crippen LogP contribution in [0.4, 0.5) is 11.4 Å². The van der Waals surface area contributed by atoms with Gasteiger partial charge in [0.1, 0.15) is 5.75 Å². The molecule has 0 saturated carbocycles. The first-order chi connectivity index (χ1) is 11.5. The number of carbonyl (C=O) groups excluding carboxylic acids is 2. The van der Waals surface area contributed by atoms with Crippen molar-refractivity contribution in [1.29, 1.82) is 0 Å². The van der Waals surface area contributed by atoms with Gasteiger partial charge in [-0.3, -0.25) is 9.59 Å². The minimum Gasteiger partial charge on any atom is -0.484 e. The van der Waals surface area contributed by atoms with Crippen molar-refractivity contribution in [3.8, 4) is 5.75 Å². The van der Waals surface area contributed by atoms with Crippen molar-refractivity contribution in [3.63, 3.8) is 0 Å². The molecule has 124 valence electrons. The molecule has 3 rings (SSSR count). The number of carbonyl (C=O) groups is 2. The third kappa shape index (κ3) is 3.56. The molecule has 2 amide bonds. The van der Waals surface area contributed by atoms with E-state index in [2.05, 4.69) is 5.32 Å². The fraction of sp³-hybridized carbons (Fsp3) is 0.263. The summed E-state index contributed by atoms with van der Waals surface area (Å²) in [5.41, 5.74) is 3.77. The Labute approximate surface area is 141 Å². The minimum absolute atomic E-state index is 0.0427. The summed E-state index contributed by atoms with van der Waals surface area (Å²) in [6.07, 6.45) is 1.19. The molecular formula is C19H20N2O3. The molecule has 0 spiro atoms. The summed E-state index contributed by atoms with van der Waals surface area (Å²) < 4.78 is 5.50. The average molecular weight is 324 g/mol. The highest BCUT2D eigenvalue weighted by molar-refractivity contribution is 5.97. The smallest absolute Gasteiger partial charge is 0.262 e. The zero-order valence-corrected chi connectivity index (χ0v) is 13.8. The van der Waals surface area contributed by atoms with Crippen LogP contribution in [0.1, 0.15) is 17.5 Å². The van der Waals surface area contributed by atoms with Gasteiger partial charge in [-0.25, -0.2) is 0 Å². The number of nitrogens with zero attached hydrogens (tertiary/aromatic N) is 1. The molecule has 2 aromatic rings. The molecule has 0 saturated heterocycles. The Bertz CT molecular complexity index is 786. The second kappa shape index (κ2) is 6.74. The lowest BCUT2D eigenvalue weighted by Crippen LogP contribution is -2.31. The lowest BCUT2D eigenvalue weighted by Gasteiger charge is -2.26. The van der Waals surface area contributed by atoms with E-state index in [0.29, 0.717) is 24.3 Å². The monoisotopic (exact) mass is 324 g/mol. The van der Waals surface area contributed by atoms with E-state index in [1.54, 1.807) is 18.0 Å². The summed E-state index contributed by atoms with van der Waals surface area (Å²) in [4.78, 5) is 25.4. The van der Waals surface area contributed by atoms with E-state index in [4.69, 9.17) is 4.74 Å². The van der Waals surface area contributed by atoms with Crippen LogP contribution >= 0.6 is 0 Å². The number of nitrogens with one attached hydrogen (secondary N) is 1. The maximum Gasteiger partial charge on any atom is 0.262 e. The van der Waals surface area contributed by atoms with E-state index in [-0.39, 0.29) is 18.4 Å².